The summed E-state index contributed by atoms with van der Waals surface area (Å²) in [4.78, 5) is 0. The molecule has 2 nitrogen and oxygen atoms in total. The predicted molar refractivity (Wildman–Crippen MR) is 74.4 cm³/mol. The third-order valence-corrected chi connectivity index (χ3v) is 4.26. The normalized spacial score (nSPS) is 28.8. The summed E-state index contributed by atoms with van der Waals surface area (Å²) in [5.74, 6) is 0. The Morgan fingerprint density at radius 3 is 2.59 bits per heavy atom. The molecule has 0 saturated carbocycles. The van der Waals surface area contributed by atoms with Crippen molar-refractivity contribution >= 4 is 0 Å². The zero-order chi connectivity index (χ0) is 12.6. The van der Waals surface area contributed by atoms with Crippen molar-refractivity contribution in [2.24, 2.45) is 5.41 Å². The van der Waals surface area contributed by atoms with Crippen LogP contribution >= 0.6 is 0 Å². The highest BCUT2D eigenvalue weighted by molar-refractivity contribution is 4.91. The minimum atomic E-state index is 0.420. The second-order valence-corrected chi connectivity index (χ2v) is 5.61. The lowest BCUT2D eigenvalue weighted by Gasteiger charge is -2.32. The van der Waals surface area contributed by atoms with Crippen LogP contribution in [0.3, 0.4) is 0 Å². The van der Waals surface area contributed by atoms with E-state index in [1.54, 1.807) is 0 Å². The molecule has 1 aliphatic rings. The lowest BCUT2D eigenvalue weighted by molar-refractivity contribution is 0.0571. The maximum atomic E-state index is 5.82. The molecule has 1 heterocycles. The topological polar surface area (TPSA) is 21.3 Å². The molecule has 0 spiro atoms. The summed E-state index contributed by atoms with van der Waals surface area (Å²) in [6, 6.07) is 0. The summed E-state index contributed by atoms with van der Waals surface area (Å²) in [6.45, 7) is 10.0. The molecule has 0 aliphatic carbocycles. The van der Waals surface area contributed by atoms with Gasteiger partial charge in [-0.05, 0) is 32.7 Å². The second kappa shape index (κ2) is 8.10. The number of rotatable bonds is 9. The van der Waals surface area contributed by atoms with Crippen LogP contribution in [0.4, 0.5) is 0 Å². The number of hydrogen-bond donors (Lipinski definition) is 1. The SMILES string of the molecule is CCCCCCC1(CNCCC)CCOC1C. The number of unbranched alkanes of at least 4 members (excludes halogenated alkanes) is 3. The minimum absolute atomic E-state index is 0.420. The van der Waals surface area contributed by atoms with E-state index in [4.69, 9.17) is 4.74 Å². The standard InChI is InChI=1S/C15H31NO/c1-4-6-7-8-9-15(13-16-11-5-2)10-12-17-14(15)3/h14,16H,4-13H2,1-3H3. The quantitative estimate of drug-likeness (QED) is 0.621. The van der Waals surface area contributed by atoms with E-state index < -0.39 is 0 Å². The van der Waals surface area contributed by atoms with Crippen molar-refractivity contribution in [3.05, 3.63) is 0 Å². The highest BCUT2D eigenvalue weighted by Gasteiger charge is 2.40. The van der Waals surface area contributed by atoms with E-state index in [1.165, 1.54) is 44.9 Å². The lowest BCUT2D eigenvalue weighted by Crippen LogP contribution is -2.39. The maximum absolute atomic E-state index is 5.82. The largest absolute Gasteiger partial charge is 0.378 e. The molecule has 1 N–H and O–H groups in total. The highest BCUT2D eigenvalue weighted by atomic mass is 16.5. The van der Waals surface area contributed by atoms with Gasteiger partial charge < -0.3 is 10.1 Å². The molecule has 1 saturated heterocycles. The first-order valence-electron chi connectivity index (χ1n) is 7.57. The lowest BCUT2D eigenvalue weighted by atomic mass is 9.77. The first kappa shape index (κ1) is 15.0. The van der Waals surface area contributed by atoms with Gasteiger partial charge in [0.1, 0.15) is 0 Å². The van der Waals surface area contributed by atoms with Crippen molar-refractivity contribution in [1.29, 1.82) is 0 Å². The van der Waals surface area contributed by atoms with Gasteiger partial charge in [0.05, 0.1) is 6.10 Å². The first-order chi connectivity index (χ1) is 8.25. The van der Waals surface area contributed by atoms with Crippen LogP contribution in [0.15, 0.2) is 0 Å². The molecule has 1 rings (SSSR count). The average molecular weight is 241 g/mol. The molecule has 0 aromatic carbocycles. The zero-order valence-corrected chi connectivity index (χ0v) is 12.1. The molecular formula is C15H31NO. The van der Waals surface area contributed by atoms with Gasteiger partial charge in [-0.2, -0.15) is 0 Å². The van der Waals surface area contributed by atoms with Crippen molar-refractivity contribution in [3.63, 3.8) is 0 Å². The maximum Gasteiger partial charge on any atom is 0.0616 e. The van der Waals surface area contributed by atoms with Crippen LogP contribution in [0.1, 0.15) is 65.7 Å². The van der Waals surface area contributed by atoms with Crippen LogP contribution in [0, 0.1) is 5.41 Å². The molecule has 0 bridgehead atoms. The van der Waals surface area contributed by atoms with Gasteiger partial charge in [0, 0.05) is 18.6 Å². The van der Waals surface area contributed by atoms with E-state index in [9.17, 15) is 0 Å². The van der Waals surface area contributed by atoms with Gasteiger partial charge in [0.2, 0.25) is 0 Å². The molecule has 1 aliphatic heterocycles. The number of nitrogens with one attached hydrogen (secondary N) is 1. The molecule has 0 radical (unpaired) electrons. The summed E-state index contributed by atoms with van der Waals surface area (Å²) < 4.78 is 5.82. The smallest absolute Gasteiger partial charge is 0.0616 e. The van der Waals surface area contributed by atoms with E-state index in [-0.39, 0.29) is 0 Å². The van der Waals surface area contributed by atoms with Crippen LogP contribution in [0.25, 0.3) is 0 Å². The Hall–Kier alpha value is -0.0800. The molecule has 2 unspecified atom stereocenters. The fourth-order valence-corrected chi connectivity index (χ4v) is 2.89. The molecule has 2 atom stereocenters. The van der Waals surface area contributed by atoms with Crippen LogP contribution in [0.5, 0.6) is 0 Å². The zero-order valence-electron chi connectivity index (χ0n) is 12.1. The third kappa shape index (κ3) is 4.59. The predicted octanol–water partition coefficient (Wildman–Crippen LogP) is 3.75. The van der Waals surface area contributed by atoms with E-state index >= 15 is 0 Å². The molecule has 17 heavy (non-hydrogen) atoms. The summed E-state index contributed by atoms with van der Waals surface area (Å²) >= 11 is 0. The first-order valence-corrected chi connectivity index (χ1v) is 7.57. The molecule has 0 aromatic rings. The van der Waals surface area contributed by atoms with Crippen molar-refractivity contribution in [2.75, 3.05) is 19.7 Å². The van der Waals surface area contributed by atoms with Crippen LogP contribution in [0.2, 0.25) is 0 Å². The van der Waals surface area contributed by atoms with Crippen molar-refractivity contribution < 1.29 is 4.74 Å². The molecular weight excluding hydrogens is 210 g/mol. The molecule has 1 fully saturated rings. The van der Waals surface area contributed by atoms with Crippen LogP contribution in [-0.4, -0.2) is 25.8 Å². The van der Waals surface area contributed by atoms with Gasteiger partial charge in [0.25, 0.3) is 0 Å². The highest BCUT2D eigenvalue weighted by Crippen LogP contribution is 2.39. The van der Waals surface area contributed by atoms with Crippen LogP contribution < -0.4 is 5.32 Å². The van der Waals surface area contributed by atoms with Gasteiger partial charge in [-0.3, -0.25) is 0 Å². The number of hydrogen-bond acceptors (Lipinski definition) is 2. The minimum Gasteiger partial charge on any atom is -0.378 e. The third-order valence-electron chi connectivity index (χ3n) is 4.26. The van der Waals surface area contributed by atoms with Gasteiger partial charge in [-0.15, -0.1) is 0 Å². The summed E-state index contributed by atoms with van der Waals surface area (Å²) in [7, 11) is 0. The fraction of sp³-hybridized carbons (Fsp3) is 1.00. The van der Waals surface area contributed by atoms with E-state index in [1.807, 2.05) is 0 Å². The van der Waals surface area contributed by atoms with Crippen molar-refractivity contribution in [1.82, 2.24) is 5.32 Å². The van der Waals surface area contributed by atoms with Crippen molar-refractivity contribution in [2.45, 2.75) is 71.8 Å². The molecule has 0 amide bonds. The number of ether oxygens (including phenoxy) is 1. The van der Waals surface area contributed by atoms with E-state index in [2.05, 4.69) is 26.1 Å². The average Bonchev–Trinajstić information content (AvgIpc) is 2.68. The molecule has 102 valence electrons. The Morgan fingerprint density at radius 1 is 1.18 bits per heavy atom. The van der Waals surface area contributed by atoms with E-state index in [0.29, 0.717) is 11.5 Å². The van der Waals surface area contributed by atoms with Crippen LogP contribution in [-0.2, 0) is 4.74 Å². The summed E-state index contributed by atoms with van der Waals surface area (Å²) in [6.07, 6.45) is 9.71. The molecule has 2 heteroatoms. The van der Waals surface area contributed by atoms with E-state index in [0.717, 1.165) is 19.7 Å². The Morgan fingerprint density at radius 2 is 2.00 bits per heavy atom. The Bertz CT molecular complexity index is 195. The fourth-order valence-electron chi connectivity index (χ4n) is 2.89. The summed E-state index contributed by atoms with van der Waals surface area (Å²) in [5, 5.41) is 3.61. The molecule has 0 aromatic heterocycles. The monoisotopic (exact) mass is 241 g/mol. The van der Waals surface area contributed by atoms with Crippen molar-refractivity contribution in [3.8, 4) is 0 Å². The Labute approximate surface area is 108 Å². The van der Waals surface area contributed by atoms with Gasteiger partial charge >= 0.3 is 0 Å². The Kier molecular flexibility index (Phi) is 7.14. The van der Waals surface area contributed by atoms with Gasteiger partial charge in [0.15, 0.2) is 0 Å². The van der Waals surface area contributed by atoms with Gasteiger partial charge in [-0.1, -0.05) is 39.5 Å². The van der Waals surface area contributed by atoms with Gasteiger partial charge in [-0.25, -0.2) is 0 Å². The second-order valence-electron chi connectivity index (χ2n) is 5.61. The summed E-state index contributed by atoms with van der Waals surface area (Å²) in [5.41, 5.74) is 0.420. The Balaban J connectivity index is 2.36.